The molecule has 17 heavy (non-hydrogen) atoms. The molecule has 0 aliphatic carbocycles. The highest BCUT2D eigenvalue weighted by atomic mass is 32.1. The van der Waals surface area contributed by atoms with E-state index in [1.807, 2.05) is 18.2 Å². The van der Waals surface area contributed by atoms with Crippen molar-refractivity contribution in [2.45, 2.75) is 6.54 Å². The van der Waals surface area contributed by atoms with E-state index in [-0.39, 0.29) is 0 Å². The summed E-state index contributed by atoms with van der Waals surface area (Å²) in [6, 6.07) is 7.92. The first-order chi connectivity index (χ1) is 8.40. The molecule has 4 nitrogen and oxygen atoms in total. The van der Waals surface area contributed by atoms with Crippen LogP contribution in [0, 0.1) is 0 Å². The van der Waals surface area contributed by atoms with Gasteiger partial charge in [0, 0.05) is 31.3 Å². The summed E-state index contributed by atoms with van der Waals surface area (Å²) in [6.45, 7) is 2.41. The number of nitrogens with one attached hydrogen (secondary N) is 1. The molecule has 0 spiro atoms. The maximum atomic E-state index is 4.97. The van der Waals surface area contributed by atoms with Crippen LogP contribution in [-0.2, 0) is 11.3 Å². The van der Waals surface area contributed by atoms with Gasteiger partial charge in [-0.15, -0.1) is 0 Å². The van der Waals surface area contributed by atoms with Crippen molar-refractivity contribution in [1.82, 2.24) is 14.7 Å². The van der Waals surface area contributed by atoms with Crippen LogP contribution in [0.5, 0.6) is 0 Å². The van der Waals surface area contributed by atoms with Crippen molar-refractivity contribution < 1.29 is 4.74 Å². The van der Waals surface area contributed by atoms with Crippen LogP contribution in [0.2, 0.25) is 0 Å². The molecule has 2 aromatic heterocycles. The third kappa shape index (κ3) is 3.59. The van der Waals surface area contributed by atoms with Crippen molar-refractivity contribution >= 4 is 11.5 Å². The van der Waals surface area contributed by atoms with E-state index in [4.69, 9.17) is 4.74 Å². The Morgan fingerprint density at radius 2 is 2.29 bits per heavy atom. The highest BCUT2D eigenvalue weighted by Crippen LogP contribution is 2.19. The van der Waals surface area contributed by atoms with Gasteiger partial charge < -0.3 is 10.1 Å². The summed E-state index contributed by atoms with van der Waals surface area (Å²) >= 11 is 1.51. The number of hydrogen-bond acceptors (Lipinski definition) is 5. The van der Waals surface area contributed by atoms with Gasteiger partial charge in [-0.25, -0.2) is 0 Å². The quantitative estimate of drug-likeness (QED) is 0.795. The van der Waals surface area contributed by atoms with Gasteiger partial charge in [0.2, 0.25) is 0 Å². The van der Waals surface area contributed by atoms with Crippen LogP contribution in [0.15, 0.2) is 30.5 Å². The van der Waals surface area contributed by atoms with E-state index in [1.165, 1.54) is 16.4 Å². The molecule has 2 rings (SSSR count). The van der Waals surface area contributed by atoms with Gasteiger partial charge >= 0.3 is 0 Å². The highest BCUT2D eigenvalue weighted by molar-refractivity contribution is 7.06. The predicted molar refractivity (Wildman–Crippen MR) is 68.9 cm³/mol. The SMILES string of the molecule is COCCNCc1cc(-c2ccccn2)ns1. The van der Waals surface area contributed by atoms with E-state index in [2.05, 4.69) is 20.7 Å². The number of rotatable bonds is 6. The van der Waals surface area contributed by atoms with Crippen molar-refractivity contribution in [3.8, 4) is 11.4 Å². The largest absolute Gasteiger partial charge is 0.383 e. The van der Waals surface area contributed by atoms with Gasteiger partial charge in [-0.05, 0) is 29.7 Å². The van der Waals surface area contributed by atoms with Crippen molar-refractivity contribution in [2.75, 3.05) is 20.3 Å². The fourth-order valence-corrected chi connectivity index (χ4v) is 2.11. The Labute approximate surface area is 105 Å². The molecular formula is C12H15N3OS. The molecule has 0 fully saturated rings. The molecule has 0 atom stereocenters. The summed E-state index contributed by atoms with van der Waals surface area (Å²) in [5, 5.41) is 3.29. The number of nitrogens with zero attached hydrogens (tertiary/aromatic N) is 2. The summed E-state index contributed by atoms with van der Waals surface area (Å²) in [5.41, 5.74) is 1.87. The molecule has 0 aromatic carbocycles. The minimum absolute atomic E-state index is 0.728. The standard InChI is InChI=1S/C12H15N3OS/c1-16-7-6-13-9-10-8-12(15-17-10)11-4-2-3-5-14-11/h2-5,8,13H,6-7,9H2,1H3. The second-order valence-electron chi connectivity index (χ2n) is 3.56. The van der Waals surface area contributed by atoms with Gasteiger partial charge in [-0.2, -0.15) is 4.37 Å². The van der Waals surface area contributed by atoms with Gasteiger partial charge in [-0.1, -0.05) is 6.07 Å². The zero-order valence-electron chi connectivity index (χ0n) is 9.72. The molecule has 0 amide bonds. The molecule has 0 aliphatic heterocycles. The Hall–Kier alpha value is -1.30. The molecule has 1 N–H and O–H groups in total. The van der Waals surface area contributed by atoms with E-state index in [1.54, 1.807) is 13.3 Å². The Bertz CT molecular complexity index is 444. The van der Waals surface area contributed by atoms with Gasteiger partial charge in [0.25, 0.3) is 0 Å². The Kier molecular flexibility index (Phi) is 4.61. The van der Waals surface area contributed by atoms with Crippen LogP contribution in [-0.4, -0.2) is 29.6 Å². The van der Waals surface area contributed by atoms with E-state index >= 15 is 0 Å². The topological polar surface area (TPSA) is 47.0 Å². The highest BCUT2D eigenvalue weighted by Gasteiger charge is 2.04. The first kappa shape index (κ1) is 12.2. The molecule has 5 heteroatoms. The summed E-state index contributed by atoms with van der Waals surface area (Å²) in [6.07, 6.45) is 1.78. The van der Waals surface area contributed by atoms with Gasteiger partial charge in [-0.3, -0.25) is 4.98 Å². The Balaban J connectivity index is 1.92. The van der Waals surface area contributed by atoms with Crippen LogP contribution < -0.4 is 5.32 Å². The Morgan fingerprint density at radius 3 is 3.06 bits per heavy atom. The van der Waals surface area contributed by atoms with Gasteiger partial charge in [0.1, 0.15) is 5.69 Å². The zero-order chi connectivity index (χ0) is 11.9. The molecule has 2 heterocycles. The number of aromatic nitrogens is 2. The van der Waals surface area contributed by atoms with E-state index in [9.17, 15) is 0 Å². The third-order valence-corrected chi connectivity index (χ3v) is 3.05. The monoisotopic (exact) mass is 249 g/mol. The average Bonchev–Trinajstić information content (AvgIpc) is 2.85. The Morgan fingerprint density at radius 1 is 1.35 bits per heavy atom. The number of hydrogen-bond donors (Lipinski definition) is 1. The zero-order valence-corrected chi connectivity index (χ0v) is 10.5. The van der Waals surface area contributed by atoms with Crippen molar-refractivity contribution in [2.24, 2.45) is 0 Å². The number of methoxy groups -OCH3 is 1. The maximum absolute atomic E-state index is 4.97. The maximum Gasteiger partial charge on any atom is 0.103 e. The van der Waals surface area contributed by atoms with Crippen molar-refractivity contribution in [3.63, 3.8) is 0 Å². The van der Waals surface area contributed by atoms with Crippen molar-refractivity contribution in [1.29, 1.82) is 0 Å². The molecule has 0 saturated carbocycles. The van der Waals surface area contributed by atoms with Crippen LogP contribution in [0.3, 0.4) is 0 Å². The average molecular weight is 249 g/mol. The smallest absolute Gasteiger partial charge is 0.103 e. The van der Waals surface area contributed by atoms with Gasteiger partial charge in [0.05, 0.1) is 12.3 Å². The minimum atomic E-state index is 0.728. The fraction of sp³-hybridized carbons (Fsp3) is 0.333. The fourth-order valence-electron chi connectivity index (χ4n) is 1.42. The van der Waals surface area contributed by atoms with Gasteiger partial charge in [0.15, 0.2) is 0 Å². The van der Waals surface area contributed by atoms with Crippen molar-refractivity contribution in [3.05, 3.63) is 35.3 Å². The summed E-state index contributed by atoms with van der Waals surface area (Å²) < 4.78 is 9.36. The molecule has 0 bridgehead atoms. The van der Waals surface area contributed by atoms with E-state index in [0.29, 0.717) is 0 Å². The summed E-state index contributed by atoms with van der Waals surface area (Å²) in [4.78, 5) is 5.49. The minimum Gasteiger partial charge on any atom is -0.383 e. The summed E-state index contributed by atoms with van der Waals surface area (Å²) in [5.74, 6) is 0. The first-order valence-electron chi connectivity index (χ1n) is 5.47. The first-order valence-corrected chi connectivity index (χ1v) is 6.24. The lowest BCUT2D eigenvalue weighted by molar-refractivity contribution is 0.199. The summed E-state index contributed by atoms with van der Waals surface area (Å²) in [7, 11) is 1.70. The lowest BCUT2D eigenvalue weighted by Crippen LogP contribution is -2.17. The molecule has 0 saturated heterocycles. The normalized spacial score (nSPS) is 10.6. The van der Waals surface area contributed by atoms with E-state index < -0.39 is 0 Å². The van der Waals surface area contributed by atoms with E-state index in [0.717, 1.165) is 31.1 Å². The molecular weight excluding hydrogens is 234 g/mol. The number of pyridine rings is 1. The van der Waals surface area contributed by atoms with Crippen LogP contribution in [0.4, 0.5) is 0 Å². The third-order valence-electron chi connectivity index (χ3n) is 2.27. The second kappa shape index (κ2) is 6.44. The molecule has 0 radical (unpaired) electrons. The van der Waals surface area contributed by atoms with Crippen LogP contribution >= 0.6 is 11.5 Å². The van der Waals surface area contributed by atoms with Crippen LogP contribution in [0.1, 0.15) is 4.88 Å². The van der Waals surface area contributed by atoms with Crippen LogP contribution in [0.25, 0.3) is 11.4 Å². The lowest BCUT2D eigenvalue weighted by Gasteiger charge is -2.00. The molecule has 0 unspecified atom stereocenters. The number of ether oxygens (including phenoxy) is 1. The lowest BCUT2D eigenvalue weighted by atomic mass is 10.2. The molecule has 2 aromatic rings. The molecule has 0 aliphatic rings. The predicted octanol–water partition coefficient (Wildman–Crippen LogP) is 1.94. The second-order valence-corrected chi connectivity index (χ2v) is 4.45. The molecule has 90 valence electrons.